The van der Waals surface area contributed by atoms with Gasteiger partial charge in [-0.1, -0.05) is 60.2 Å². The van der Waals surface area contributed by atoms with Gasteiger partial charge >= 0.3 is 5.97 Å². The lowest BCUT2D eigenvalue weighted by molar-refractivity contribution is 0.0697. The van der Waals surface area contributed by atoms with Crippen molar-refractivity contribution in [1.29, 1.82) is 0 Å². The number of carboxylic acid groups (broad SMARTS) is 1. The van der Waals surface area contributed by atoms with Crippen molar-refractivity contribution in [1.82, 2.24) is 34.7 Å². The standard InChI is InChI=1S/C28H22ClN7O3/c29-28(36-17-30-33-34-36)12-5-4-8-21(28)19-11-13-35(25(37)16-19)24(14-18-6-2-1-3-7-18)26-31-22-10-9-20(27(38)39)15-23(22)32-26/h1-13,15-17,21,24H,14H2,(H,31,32)(H,38,39). The number of tetrazole rings is 1. The van der Waals surface area contributed by atoms with Crippen molar-refractivity contribution in [2.24, 2.45) is 0 Å². The fourth-order valence-corrected chi connectivity index (χ4v) is 5.27. The van der Waals surface area contributed by atoms with Crippen molar-refractivity contribution in [3.8, 4) is 0 Å². The summed E-state index contributed by atoms with van der Waals surface area (Å²) in [6.07, 6.45) is 11.1. The molecule has 3 heterocycles. The number of nitrogens with one attached hydrogen (secondary N) is 1. The second-order valence-corrected chi connectivity index (χ2v) is 9.88. The van der Waals surface area contributed by atoms with Crippen LogP contribution in [0.2, 0.25) is 0 Å². The predicted molar refractivity (Wildman–Crippen MR) is 145 cm³/mol. The number of aromatic nitrogens is 7. The van der Waals surface area contributed by atoms with Crippen LogP contribution in [0.1, 0.15) is 39.3 Å². The Morgan fingerprint density at radius 3 is 2.72 bits per heavy atom. The molecule has 0 saturated heterocycles. The van der Waals surface area contributed by atoms with Gasteiger partial charge in [-0.25, -0.2) is 14.5 Å². The lowest BCUT2D eigenvalue weighted by Crippen LogP contribution is -2.35. The maximum absolute atomic E-state index is 13.7. The number of allylic oxidation sites excluding steroid dienone is 4. The molecule has 0 bridgehead atoms. The molecule has 5 aromatic rings. The number of nitrogens with zero attached hydrogens (tertiary/aromatic N) is 6. The molecule has 11 heteroatoms. The number of carbonyl (C=O) groups is 1. The number of benzene rings is 2. The van der Waals surface area contributed by atoms with Crippen molar-refractivity contribution in [2.75, 3.05) is 0 Å². The molecule has 39 heavy (non-hydrogen) atoms. The van der Waals surface area contributed by atoms with E-state index >= 15 is 0 Å². The maximum atomic E-state index is 13.7. The van der Waals surface area contributed by atoms with Crippen molar-refractivity contribution >= 4 is 28.6 Å². The number of H-pyrrole nitrogens is 1. The molecule has 3 unspecified atom stereocenters. The summed E-state index contributed by atoms with van der Waals surface area (Å²) < 4.78 is 3.09. The van der Waals surface area contributed by atoms with Gasteiger partial charge in [-0.3, -0.25) is 4.79 Å². The Morgan fingerprint density at radius 2 is 1.97 bits per heavy atom. The maximum Gasteiger partial charge on any atom is 0.335 e. The third-order valence-electron chi connectivity index (χ3n) is 6.88. The summed E-state index contributed by atoms with van der Waals surface area (Å²) >= 11 is 7.00. The van der Waals surface area contributed by atoms with Crippen LogP contribution in [0.5, 0.6) is 0 Å². The van der Waals surface area contributed by atoms with Crippen LogP contribution < -0.4 is 5.56 Å². The van der Waals surface area contributed by atoms with Crippen molar-refractivity contribution in [3.05, 3.63) is 130 Å². The van der Waals surface area contributed by atoms with E-state index in [-0.39, 0.29) is 11.1 Å². The minimum absolute atomic E-state index is 0.142. The highest BCUT2D eigenvalue weighted by atomic mass is 35.5. The largest absolute Gasteiger partial charge is 0.478 e. The Hall–Kier alpha value is -4.83. The molecule has 10 nitrogen and oxygen atoms in total. The molecule has 3 aromatic heterocycles. The minimum atomic E-state index is -1.11. The SMILES string of the molecule is O=C(O)c1ccc2[nH]c(C(Cc3ccccc3)n3ccc(C4C=CC=CC4(Cl)n4cnnn4)cc3=O)nc2c1. The monoisotopic (exact) mass is 539 g/mol. The molecule has 0 aliphatic heterocycles. The Labute approximate surface area is 226 Å². The second kappa shape index (κ2) is 9.80. The molecule has 0 radical (unpaired) electrons. The van der Waals surface area contributed by atoms with Crippen LogP contribution >= 0.6 is 11.6 Å². The number of aromatic carboxylic acids is 1. The summed E-state index contributed by atoms with van der Waals surface area (Å²) in [6.45, 7) is 0. The van der Waals surface area contributed by atoms with E-state index in [1.165, 1.54) is 23.1 Å². The molecule has 0 spiro atoms. The number of pyridine rings is 1. The van der Waals surface area contributed by atoms with E-state index in [0.717, 1.165) is 5.56 Å². The zero-order chi connectivity index (χ0) is 27.0. The minimum Gasteiger partial charge on any atom is -0.478 e. The van der Waals surface area contributed by atoms with Gasteiger partial charge in [0, 0.05) is 24.6 Å². The van der Waals surface area contributed by atoms with Gasteiger partial charge in [0.1, 0.15) is 12.2 Å². The van der Waals surface area contributed by atoms with E-state index in [9.17, 15) is 14.7 Å². The number of hydrogen-bond acceptors (Lipinski definition) is 6. The highest BCUT2D eigenvalue weighted by molar-refractivity contribution is 6.24. The zero-order valence-corrected chi connectivity index (χ0v) is 21.2. The van der Waals surface area contributed by atoms with E-state index in [1.807, 2.05) is 54.6 Å². The number of alkyl halides is 1. The van der Waals surface area contributed by atoms with Crippen LogP contribution in [0.3, 0.4) is 0 Å². The molecule has 3 atom stereocenters. The normalized spacial score (nSPS) is 19.4. The smallest absolute Gasteiger partial charge is 0.335 e. The first-order valence-electron chi connectivity index (χ1n) is 12.2. The number of aromatic amines is 1. The van der Waals surface area contributed by atoms with E-state index in [0.29, 0.717) is 28.8 Å². The average Bonchev–Trinajstić information content (AvgIpc) is 3.63. The number of carboxylic acids is 1. The van der Waals surface area contributed by atoms with E-state index in [1.54, 1.807) is 29.0 Å². The summed E-state index contributed by atoms with van der Waals surface area (Å²) in [4.78, 5) is 32.0. The number of imidazole rings is 1. The number of fused-ring (bicyclic) bond motifs is 1. The van der Waals surface area contributed by atoms with Gasteiger partial charge in [0.05, 0.1) is 22.6 Å². The third-order valence-corrected chi connectivity index (χ3v) is 7.42. The van der Waals surface area contributed by atoms with Crippen LogP contribution in [0.25, 0.3) is 11.0 Å². The second-order valence-electron chi connectivity index (χ2n) is 9.27. The van der Waals surface area contributed by atoms with E-state index < -0.39 is 22.9 Å². The highest BCUT2D eigenvalue weighted by Gasteiger charge is 2.39. The van der Waals surface area contributed by atoms with Gasteiger partial charge in [-0.05, 0) is 51.9 Å². The summed E-state index contributed by atoms with van der Waals surface area (Å²) in [5.41, 5.74) is 2.83. The van der Waals surface area contributed by atoms with Gasteiger partial charge in [-0.2, -0.15) is 0 Å². The Morgan fingerprint density at radius 1 is 1.13 bits per heavy atom. The lowest BCUT2D eigenvalue weighted by atomic mass is 9.88. The predicted octanol–water partition coefficient (Wildman–Crippen LogP) is 4.04. The summed E-state index contributed by atoms with van der Waals surface area (Å²) in [5, 5.41) is 20.8. The van der Waals surface area contributed by atoms with Gasteiger partial charge in [-0.15, -0.1) is 5.10 Å². The molecule has 6 rings (SSSR count). The fraction of sp³-hybridized carbons (Fsp3) is 0.143. The lowest BCUT2D eigenvalue weighted by Gasteiger charge is -2.32. The van der Waals surface area contributed by atoms with E-state index in [2.05, 4.69) is 20.5 Å². The Kier molecular flexibility index (Phi) is 6.16. The summed E-state index contributed by atoms with van der Waals surface area (Å²) in [5.74, 6) is -0.881. The van der Waals surface area contributed by atoms with E-state index in [4.69, 9.17) is 16.6 Å². The van der Waals surface area contributed by atoms with Crippen molar-refractivity contribution < 1.29 is 9.90 Å². The zero-order valence-electron chi connectivity index (χ0n) is 20.4. The first-order chi connectivity index (χ1) is 18.9. The van der Waals surface area contributed by atoms with Crippen molar-refractivity contribution in [2.45, 2.75) is 23.4 Å². The molecule has 2 aromatic carbocycles. The topological polar surface area (TPSA) is 132 Å². The fourth-order valence-electron chi connectivity index (χ4n) is 4.92. The quantitative estimate of drug-likeness (QED) is 0.298. The van der Waals surface area contributed by atoms with Crippen molar-refractivity contribution in [3.63, 3.8) is 0 Å². The molecular formula is C28H22ClN7O3. The number of rotatable bonds is 7. The highest BCUT2D eigenvalue weighted by Crippen LogP contribution is 2.42. The van der Waals surface area contributed by atoms with Gasteiger partial charge < -0.3 is 14.7 Å². The molecular weight excluding hydrogens is 518 g/mol. The first-order valence-corrected chi connectivity index (χ1v) is 12.6. The molecule has 1 aliphatic carbocycles. The molecule has 2 N–H and O–H groups in total. The van der Waals surface area contributed by atoms with Crippen LogP contribution in [-0.4, -0.2) is 45.8 Å². The average molecular weight is 540 g/mol. The van der Waals surface area contributed by atoms with Crippen LogP contribution in [0.15, 0.2) is 102 Å². The Balaban J connectivity index is 1.42. The third kappa shape index (κ3) is 4.55. The van der Waals surface area contributed by atoms with Gasteiger partial charge in [0.2, 0.25) is 0 Å². The summed E-state index contributed by atoms with van der Waals surface area (Å²) in [7, 11) is 0. The summed E-state index contributed by atoms with van der Waals surface area (Å²) in [6, 6.07) is 17.5. The van der Waals surface area contributed by atoms with Crippen LogP contribution in [0.4, 0.5) is 0 Å². The number of halogens is 1. The molecule has 0 fully saturated rings. The first kappa shape index (κ1) is 24.5. The molecule has 0 amide bonds. The van der Waals surface area contributed by atoms with Gasteiger partial charge in [0.15, 0.2) is 5.00 Å². The van der Waals surface area contributed by atoms with Crippen LogP contribution in [0, 0.1) is 0 Å². The molecule has 194 valence electrons. The number of hydrogen-bond donors (Lipinski definition) is 2. The van der Waals surface area contributed by atoms with Crippen LogP contribution in [-0.2, 0) is 11.4 Å². The van der Waals surface area contributed by atoms with Gasteiger partial charge in [0.25, 0.3) is 5.56 Å². The Bertz CT molecular complexity index is 1780. The molecule has 1 aliphatic rings. The molecule has 0 saturated carbocycles.